The summed E-state index contributed by atoms with van der Waals surface area (Å²) in [5.41, 5.74) is -0.238. The van der Waals surface area contributed by atoms with Crippen LogP contribution in [0, 0.1) is 27.2 Å². The monoisotopic (exact) mass is 310 g/mol. The molecule has 0 fully saturated rings. The number of aromatic nitrogens is 2. The van der Waals surface area contributed by atoms with Crippen molar-refractivity contribution in [2.24, 2.45) is 0 Å². The van der Waals surface area contributed by atoms with Gasteiger partial charge in [0.25, 0.3) is 0 Å². The van der Waals surface area contributed by atoms with Gasteiger partial charge in [-0.2, -0.15) is 4.98 Å². The van der Waals surface area contributed by atoms with Crippen LogP contribution in [0.2, 0.25) is 5.28 Å². The van der Waals surface area contributed by atoms with Crippen molar-refractivity contribution in [2.75, 3.05) is 0 Å². The van der Waals surface area contributed by atoms with Crippen LogP contribution in [0.5, 0.6) is 11.6 Å². The van der Waals surface area contributed by atoms with Gasteiger partial charge in [-0.3, -0.25) is 20.2 Å². The van der Waals surface area contributed by atoms with Crippen molar-refractivity contribution >= 4 is 23.0 Å². The first kappa shape index (κ1) is 14.6. The lowest BCUT2D eigenvalue weighted by Gasteiger charge is -2.06. The highest BCUT2D eigenvalue weighted by molar-refractivity contribution is 6.28. The first-order valence-corrected chi connectivity index (χ1v) is 5.86. The van der Waals surface area contributed by atoms with Gasteiger partial charge in [0.15, 0.2) is 0 Å². The molecule has 0 aliphatic carbocycles. The quantitative estimate of drug-likeness (QED) is 0.483. The molecule has 0 aliphatic rings. The SMILES string of the molecule is Cc1ccc(Oc2nc(Cl)ncc2[N+](=O)[O-])c([N+](=O)[O-])c1. The molecule has 0 N–H and O–H groups in total. The largest absolute Gasteiger partial charge is 0.426 e. The van der Waals surface area contributed by atoms with Crippen LogP contribution in [0.4, 0.5) is 11.4 Å². The van der Waals surface area contributed by atoms with Crippen LogP contribution < -0.4 is 4.74 Å². The molecule has 0 radical (unpaired) electrons. The number of benzene rings is 1. The van der Waals surface area contributed by atoms with Crippen LogP contribution in [-0.2, 0) is 0 Å². The van der Waals surface area contributed by atoms with Crippen molar-refractivity contribution in [2.45, 2.75) is 6.92 Å². The van der Waals surface area contributed by atoms with E-state index in [1.54, 1.807) is 13.0 Å². The van der Waals surface area contributed by atoms with Gasteiger partial charge in [0, 0.05) is 6.07 Å². The van der Waals surface area contributed by atoms with Crippen molar-refractivity contribution in [1.29, 1.82) is 0 Å². The third-order valence-corrected chi connectivity index (χ3v) is 2.60. The Morgan fingerprint density at radius 1 is 1.19 bits per heavy atom. The fraction of sp³-hybridized carbons (Fsp3) is 0.0909. The zero-order valence-corrected chi connectivity index (χ0v) is 11.3. The van der Waals surface area contributed by atoms with Crippen LogP contribution in [-0.4, -0.2) is 19.8 Å². The summed E-state index contributed by atoms with van der Waals surface area (Å²) in [5, 5.41) is 21.6. The van der Waals surface area contributed by atoms with Crippen LogP contribution in [0.3, 0.4) is 0 Å². The van der Waals surface area contributed by atoms with Gasteiger partial charge in [0.1, 0.15) is 6.20 Å². The molecule has 1 aromatic heterocycles. The third-order valence-electron chi connectivity index (χ3n) is 2.42. The van der Waals surface area contributed by atoms with E-state index in [9.17, 15) is 20.2 Å². The maximum Gasteiger partial charge on any atom is 0.349 e. The van der Waals surface area contributed by atoms with Gasteiger partial charge >= 0.3 is 17.3 Å². The van der Waals surface area contributed by atoms with Gasteiger partial charge < -0.3 is 4.74 Å². The lowest BCUT2D eigenvalue weighted by atomic mass is 10.2. The predicted molar refractivity (Wildman–Crippen MR) is 71.6 cm³/mol. The van der Waals surface area contributed by atoms with Gasteiger partial charge in [0.05, 0.1) is 9.85 Å². The fourth-order valence-electron chi connectivity index (χ4n) is 1.50. The van der Waals surface area contributed by atoms with Crippen molar-refractivity contribution in [1.82, 2.24) is 9.97 Å². The molecule has 2 rings (SSSR count). The van der Waals surface area contributed by atoms with E-state index in [4.69, 9.17) is 16.3 Å². The predicted octanol–water partition coefficient (Wildman–Crippen LogP) is 3.05. The number of hydrogen-bond donors (Lipinski definition) is 0. The van der Waals surface area contributed by atoms with Crippen LogP contribution in [0.1, 0.15) is 5.56 Å². The van der Waals surface area contributed by atoms with E-state index >= 15 is 0 Å². The summed E-state index contributed by atoms with van der Waals surface area (Å²) < 4.78 is 5.18. The molecular formula is C11H7ClN4O5. The average molecular weight is 311 g/mol. The van der Waals surface area contributed by atoms with Gasteiger partial charge in [-0.1, -0.05) is 6.07 Å². The van der Waals surface area contributed by atoms with E-state index < -0.39 is 21.4 Å². The van der Waals surface area contributed by atoms with Crippen molar-refractivity contribution in [3.8, 4) is 11.6 Å². The lowest BCUT2D eigenvalue weighted by molar-refractivity contribution is -0.387. The van der Waals surface area contributed by atoms with Crippen LogP contribution >= 0.6 is 11.6 Å². The van der Waals surface area contributed by atoms with Gasteiger partial charge in [0.2, 0.25) is 11.0 Å². The Balaban J connectivity index is 2.50. The van der Waals surface area contributed by atoms with E-state index in [2.05, 4.69) is 9.97 Å². The smallest absolute Gasteiger partial charge is 0.349 e. The van der Waals surface area contributed by atoms with Gasteiger partial charge in [-0.15, -0.1) is 0 Å². The van der Waals surface area contributed by atoms with Crippen LogP contribution in [0.15, 0.2) is 24.4 Å². The molecule has 2 aromatic rings. The maximum absolute atomic E-state index is 11.0. The minimum absolute atomic E-state index is 0.177. The lowest BCUT2D eigenvalue weighted by Crippen LogP contribution is -2.00. The molecule has 1 heterocycles. The fourth-order valence-corrected chi connectivity index (χ4v) is 1.63. The van der Waals surface area contributed by atoms with Crippen molar-refractivity contribution in [3.05, 3.63) is 55.5 Å². The summed E-state index contributed by atoms with van der Waals surface area (Å²) in [6.45, 7) is 1.67. The molecule has 1 aromatic carbocycles. The number of halogens is 1. The van der Waals surface area contributed by atoms with E-state index in [1.807, 2.05) is 0 Å². The van der Waals surface area contributed by atoms with Crippen molar-refractivity contribution in [3.63, 3.8) is 0 Å². The summed E-state index contributed by atoms with van der Waals surface area (Å²) in [6, 6.07) is 4.17. The normalized spacial score (nSPS) is 10.2. The summed E-state index contributed by atoms with van der Waals surface area (Å²) in [7, 11) is 0. The zero-order chi connectivity index (χ0) is 15.6. The number of rotatable bonds is 4. The molecule has 0 aliphatic heterocycles. The second-order valence-electron chi connectivity index (χ2n) is 3.92. The highest BCUT2D eigenvalue weighted by Crippen LogP contribution is 2.35. The Morgan fingerprint density at radius 2 is 1.86 bits per heavy atom. The standard InChI is InChI=1S/C11H7ClN4O5/c1-6-2-3-9(7(4-6)15(17)18)21-10-8(16(19)20)5-13-11(12)14-10/h2-5H,1H3. The van der Waals surface area contributed by atoms with Crippen molar-refractivity contribution < 1.29 is 14.6 Å². The number of nitro benzene ring substituents is 1. The maximum atomic E-state index is 11.0. The molecule has 21 heavy (non-hydrogen) atoms. The highest BCUT2D eigenvalue weighted by Gasteiger charge is 2.23. The number of hydrogen-bond acceptors (Lipinski definition) is 7. The Hall–Kier alpha value is -2.81. The minimum Gasteiger partial charge on any atom is -0.426 e. The van der Waals surface area contributed by atoms with E-state index in [1.165, 1.54) is 12.1 Å². The second kappa shape index (κ2) is 5.67. The van der Waals surface area contributed by atoms with Gasteiger partial charge in [-0.25, -0.2) is 4.98 Å². The molecule has 0 amide bonds. The van der Waals surface area contributed by atoms with E-state index in [-0.39, 0.29) is 16.7 Å². The number of aryl methyl sites for hydroxylation is 1. The number of nitrogens with zero attached hydrogens (tertiary/aromatic N) is 4. The summed E-state index contributed by atoms with van der Waals surface area (Å²) in [4.78, 5) is 27.5. The molecule has 0 spiro atoms. The summed E-state index contributed by atoms with van der Waals surface area (Å²) in [5.74, 6) is -0.643. The molecule has 0 atom stereocenters. The Kier molecular flexibility index (Phi) is 3.94. The molecular weight excluding hydrogens is 304 g/mol. The average Bonchev–Trinajstić information content (AvgIpc) is 2.40. The van der Waals surface area contributed by atoms with Gasteiger partial charge in [-0.05, 0) is 30.2 Å². The van der Waals surface area contributed by atoms with E-state index in [0.717, 1.165) is 6.20 Å². The molecule has 9 nitrogen and oxygen atoms in total. The number of nitro groups is 2. The Morgan fingerprint density at radius 3 is 2.48 bits per heavy atom. The third kappa shape index (κ3) is 3.20. The molecule has 10 heteroatoms. The first-order chi connectivity index (χ1) is 9.88. The summed E-state index contributed by atoms with van der Waals surface area (Å²) in [6.07, 6.45) is 0.866. The Bertz CT molecular complexity index is 737. The minimum atomic E-state index is -0.772. The first-order valence-electron chi connectivity index (χ1n) is 5.48. The molecule has 0 bridgehead atoms. The topological polar surface area (TPSA) is 121 Å². The molecule has 0 unspecified atom stereocenters. The second-order valence-corrected chi connectivity index (χ2v) is 4.25. The molecule has 0 saturated carbocycles. The zero-order valence-electron chi connectivity index (χ0n) is 10.5. The van der Waals surface area contributed by atoms with E-state index in [0.29, 0.717) is 5.56 Å². The highest BCUT2D eigenvalue weighted by atomic mass is 35.5. The Labute approximate surface area is 122 Å². The van der Waals surface area contributed by atoms with Crippen LogP contribution in [0.25, 0.3) is 0 Å². The number of ether oxygens (including phenoxy) is 1. The summed E-state index contributed by atoms with van der Waals surface area (Å²) >= 11 is 5.56. The molecule has 0 saturated heterocycles. The molecule has 108 valence electrons.